The molecule has 2 heteroatoms. The molecule has 0 amide bonds. The third kappa shape index (κ3) is 2.23. The number of rotatable bonds is 1. The Kier molecular flexibility index (Phi) is 2.45. The van der Waals surface area contributed by atoms with E-state index < -0.39 is 5.97 Å². The number of carboxylic acids is 1. The second kappa shape index (κ2) is 3.08. The van der Waals surface area contributed by atoms with Crippen molar-refractivity contribution in [3.63, 3.8) is 0 Å². The monoisotopic (exact) mass is 170 g/mol. The first kappa shape index (κ1) is 9.56. The van der Waals surface area contributed by atoms with Gasteiger partial charge in [-0.05, 0) is 30.6 Å². The summed E-state index contributed by atoms with van der Waals surface area (Å²) >= 11 is 0. The molecule has 0 aromatic heterocycles. The summed E-state index contributed by atoms with van der Waals surface area (Å²) in [5.74, 6) is -0.159. The Balaban J connectivity index is 2.64. The van der Waals surface area contributed by atoms with E-state index in [9.17, 15) is 4.79 Å². The Hall–Kier alpha value is -0.530. The standard InChI is InChI=1S/C10H18O2/c1-7-4-8(9(11)12)6-10(2,3)5-7/h7-8H,4-6H2,1-3H3,(H,11,12)/t7-,8-/m0/s1. The number of carboxylic acid groups (broad SMARTS) is 1. The predicted molar refractivity (Wildman–Crippen MR) is 47.9 cm³/mol. The van der Waals surface area contributed by atoms with Gasteiger partial charge in [-0.2, -0.15) is 0 Å². The van der Waals surface area contributed by atoms with Gasteiger partial charge in [0.2, 0.25) is 0 Å². The SMILES string of the molecule is C[C@H]1C[C@H](C(=O)O)CC(C)(C)C1. The zero-order valence-electron chi connectivity index (χ0n) is 8.13. The highest BCUT2D eigenvalue weighted by Crippen LogP contribution is 2.41. The van der Waals surface area contributed by atoms with Crippen molar-refractivity contribution in [1.29, 1.82) is 0 Å². The Morgan fingerprint density at radius 3 is 2.42 bits per heavy atom. The Morgan fingerprint density at radius 2 is 2.00 bits per heavy atom. The van der Waals surface area contributed by atoms with Crippen LogP contribution in [0.25, 0.3) is 0 Å². The smallest absolute Gasteiger partial charge is 0.306 e. The molecular formula is C10H18O2. The van der Waals surface area contributed by atoms with Crippen LogP contribution in [0.4, 0.5) is 0 Å². The Labute approximate surface area is 74.0 Å². The van der Waals surface area contributed by atoms with E-state index in [1.54, 1.807) is 0 Å². The summed E-state index contributed by atoms with van der Waals surface area (Å²) in [4.78, 5) is 10.8. The minimum Gasteiger partial charge on any atom is -0.481 e. The first-order chi connectivity index (χ1) is 5.41. The van der Waals surface area contributed by atoms with E-state index >= 15 is 0 Å². The zero-order chi connectivity index (χ0) is 9.35. The minimum absolute atomic E-state index is 0.108. The van der Waals surface area contributed by atoms with E-state index in [4.69, 9.17) is 5.11 Å². The number of hydrogen-bond acceptors (Lipinski definition) is 1. The summed E-state index contributed by atoms with van der Waals surface area (Å²) in [7, 11) is 0. The maximum absolute atomic E-state index is 10.8. The molecule has 1 aliphatic rings. The highest BCUT2D eigenvalue weighted by Gasteiger charge is 2.35. The normalized spacial score (nSPS) is 34.6. The van der Waals surface area contributed by atoms with Crippen molar-refractivity contribution in [2.45, 2.75) is 40.0 Å². The van der Waals surface area contributed by atoms with Gasteiger partial charge >= 0.3 is 5.97 Å². The maximum Gasteiger partial charge on any atom is 0.306 e. The average molecular weight is 170 g/mol. The molecule has 2 nitrogen and oxygen atoms in total. The van der Waals surface area contributed by atoms with Crippen molar-refractivity contribution in [2.75, 3.05) is 0 Å². The lowest BCUT2D eigenvalue weighted by Crippen LogP contribution is -2.31. The van der Waals surface area contributed by atoms with Crippen LogP contribution in [0.3, 0.4) is 0 Å². The molecule has 70 valence electrons. The molecule has 0 unspecified atom stereocenters. The van der Waals surface area contributed by atoms with Crippen LogP contribution in [0, 0.1) is 17.3 Å². The molecule has 0 aromatic carbocycles. The molecular weight excluding hydrogens is 152 g/mol. The zero-order valence-corrected chi connectivity index (χ0v) is 8.13. The molecule has 1 N–H and O–H groups in total. The van der Waals surface area contributed by atoms with Gasteiger partial charge < -0.3 is 5.11 Å². The van der Waals surface area contributed by atoms with E-state index in [2.05, 4.69) is 20.8 Å². The van der Waals surface area contributed by atoms with Gasteiger partial charge in [-0.15, -0.1) is 0 Å². The average Bonchev–Trinajstić information content (AvgIpc) is 1.82. The molecule has 0 aliphatic heterocycles. The van der Waals surface area contributed by atoms with E-state index in [1.165, 1.54) is 0 Å². The predicted octanol–water partition coefficient (Wildman–Crippen LogP) is 2.53. The molecule has 12 heavy (non-hydrogen) atoms. The van der Waals surface area contributed by atoms with Crippen LogP contribution >= 0.6 is 0 Å². The van der Waals surface area contributed by atoms with Gasteiger partial charge in [-0.25, -0.2) is 0 Å². The van der Waals surface area contributed by atoms with Crippen LogP contribution in [0.15, 0.2) is 0 Å². The van der Waals surface area contributed by atoms with Crippen molar-refractivity contribution < 1.29 is 9.90 Å². The summed E-state index contributed by atoms with van der Waals surface area (Å²) in [5, 5.41) is 8.89. The quantitative estimate of drug-likeness (QED) is 0.656. The number of hydrogen-bond donors (Lipinski definition) is 1. The first-order valence-electron chi connectivity index (χ1n) is 4.63. The lowest BCUT2D eigenvalue weighted by atomic mass is 9.68. The van der Waals surface area contributed by atoms with Gasteiger partial charge in [-0.1, -0.05) is 20.8 Å². The molecule has 0 saturated heterocycles. The third-order valence-corrected chi connectivity index (χ3v) is 2.74. The lowest BCUT2D eigenvalue weighted by Gasteiger charge is -2.37. The van der Waals surface area contributed by atoms with Gasteiger partial charge in [0.1, 0.15) is 0 Å². The van der Waals surface area contributed by atoms with E-state index in [1.807, 2.05) is 0 Å². The fraction of sp³-hybridized carbons (Fsp3) is 0.900. The number of aliphatic carboxylic acids is 1. The van der Waals surface area contributed by atoms with Crippen molar-refractivity contribution in [1.82, 2.24) is 0 Å². The molecule has 1 saturated carbocycles. The van der Waals surface area contributed by atoms with Crippen LogP contribution in [-0.2, 0) is 4.79 Å². The highest BCUT2D eigenvalue weighted by molar-refractivity contribution is 5.70. The molecule has 0 spiro atoms. The molecule has 0 aromatic rings. The van der Waals surface area contributed by atoms with Crippen molar-refractivity contribution in [2.24, 2.45) is 17.3 Å². The fourth-order valence-corrected chi connectivity index (χ4v) is 2.53. The third-order valence-electron chi connectivity index (χ3n) is 2.74. The second-order valence-corrected chi connectivity index (χ2v) is 4.95. The molecule has 0 radical (unpaired) electrons. The Bertz CT molecular complexity index is 184. The topological polar surface area (TPSA) is 37.3 Å². The van der Waals surface area contributed by atoms with Crippen LogP contribution in [-0.4, -0.2) is 11.1 Å². The lowest BCUT2D eigenvalue weighted by molar-refractivity contribution is -0.145. The van der Waals surface area contributed by atoms with Gasteiger partial charge in [0.15, 0.2) is 0 Å². The summed E-state index contributed by atoms with van der Waals surface area (Å²) in [6.45, 7) is 6.48. The van der Waals surface area contributed by atoms with Gasteiger partial charge in [-0.3, -0.25) is 4.79 Å². The van der Waals surface area contributed by atoms with Crippen LogP contribution in [0.2, 0.25) is 0 Å². The van der Waals surface area contributed by atoms with Gasteiger partial charge in [0.05, 0.1) is 5.92 Å². The molecule has 1 fully saturated rings. The summed E-state index contributed by atoms with van der Waals surface area (Å²) in [5.41, 5.74) is 0.223. The van der Waals surface area contributed by atoms with Crippen molar-refractivity contribution in [3.05, 3.63) is 0 Å². The van der Waals surface area contributed by atoms with E-state index in [-0.39, 0.29) is 11.3 Å². The van der Waals surface area contributed by atoms with Gasteiger partial charge in [0.25, 0.3) is 0 Å². The van der Waals surface area contributed by atoms with E-state index in [0.717, 1.165) is 19.3 Å². The summed E-state index contributed by atoms with van der Waals surface area (Å²) < 4.78 is 0. The Morgan fingerprint density at radius 1 is 1.42 bits per heavy atom. The van der Waals surface area contributed by atoms with Crippen molar-refractivity contribution in [3.8, 4) is 0 Å². The fourth-order valence-electron chi connectivity index (χ4n) is 2.53. The van der Waals surface area contributed by atoms with Gasteiger partial charge in [0, 0.05) is 0 Å². The van der Waals surface area contributed by atoms with Crippen LogP contribution in [0.1, 0.15) is 40.0 Å². The highest BCUT2D eigenvalue weighted by atomic mass is 16.4. The second-order valence-electron chi connectivity index (χ2n) is 4.95. The molecule has 1 rings (SSSR count). The molecule has 1 aliphatic carbocycles. The summed E-state index contributed by atoms with van der Waals surface area (Å²) in [6, 6.07) is 0. The van der Waals surface area contributed by atoms with Crippen LogP contribution in [0.5, 0.6) is 0 Å². The molecule has 0 bridgehead atoms. The maximum atomic E-state index is 10.8. The van der Waals surface area contributed by atoms with Crippen LogP contribution < -0.4 is 0 Å². The first-order valence-corrected chi connectivity index (χ1v) is 4.63. The van der Waals surface area contributed by atoms with E-state index in [0.29, 0.717) is 5.92 Å². The molecule has 2 atom stereocenters. The summed E-state index contributed by atoms with van der Waals surface area (Å²) in [6.07, 6.45) is 2.86. The minimum atomic E-state index is -0.616. The number of carbonyl (C=O) groups is 1. The molecule has 0 heterocycles. The largest absolute Gasteiger partial charge is 0.481 e. The van der Waals surface area contributed by atoms with Crippen molar-refractivity contribution >= 4 is 5.97 Å².